The van der Waals surface area contributed by atoms with Gasteiger partial charge in [-0.05, 0) is 45.6 Å². The minimum atomic E-state index is -0.617. The summed E-state index contributed by atoms with van der Waals surface area (Å²) >= 11 is 7.31. The molecule has 3 N–H and O–H groups in total. The van der Waals surface area contributed by atoms with Crippen LogP contribution in [-0.2, 0) is 0 Å². The van der Waals surface area contributed by atoms with Crippen molar-refractivity contribution in [1.29, 1.82) is 0 Å². The number of aliphatic hydroxyl groups excluding tert-OH is 1. The summed E-state index contributed by atoms with van der Waals surface area (Å²) in [6, 6.07) is 3.65. The first kappa shape index (κ1) is 20.5. The molecule has 2 rings (SSSR count). The number of thiophene rings is 1. The normalized spacial score (nSPS) is 18.8. The largest absolute Gasteiger partial charge is 0.386 e. The fourth-order valence-corrected chi connectivity index (χ4v) is 3.81. The second kappa shape index (κ2) is 11.0. The number of hydrogen-bond donors (Lipinski definition) is 3. The second-order valence-electron chi connectivity index (χ2n) is 6.30. The predicted octanol–water partition coefficient (Wildman–Crippen LogP) is 1.63. The molecule has 0 spiro atoms. The Hall–Kier alpha value is -0.860. The van der Waals surface area contributed by atoms with Crippen LogP contribution in [0.1, 0.15) is 24.3 Å². The fraction of sp³-hybridized carbons (Fsp3) is 0.706. The molecular formula is C17H30ClN5OS. The number of aliphatic imine (C=N–C) groups is 1. The molecule has 1 aliphatic rings. The van der Waals surface area contributed by atoms with E-state index in [0.29, 0.717) is 10.9 Å². The molecule has 1 aromatic rings. The van der Waals surface area contributed by atoms with Gasteiger partial charge in [0.25, 0.3) is 0 Å². The monoisotopic (exact) mass is 387 g/mol. The van der Waals surface area contributed by atoms with Gasteiger partial charge in [0, 0.05) is 37.6 Å². The van der Waals surface area contributed by atoms with E-state index in [-0.39, 0.29) is 0 Å². The van der Waals surface area contributed by atoms with E-state index < -0.39 is 6.10 Å². The molecule has 142 valence electrons. The van der Waals surface area contributed by atoms with E-state index >= 15 is 0 Å². The van der Waals surface area contributed by atoms with Crippen molar-refractivity contribution in [2.24, 2.45) is 4.99 Å². The van der Waals surface area contributed by atoms with Gasteiger partial charge in [0.15, 0.2) is 5.96 Å². The van der Waals surface area contributed by atoms with E-state index in [2.05, 4.69) is 32.5 Å². The first-order valence-corrected chi connectivity index (χ1v) is 10.1. The van der Waals surface area contributed by atoms with E-state index in [1.807, 2.05) is 13.0 Å². The summed E-state index contributed by atoms with van der Waals surface area (Å²) in [5.74, 6) is 0.746. The standard InChI is InChI=1S/C17H30ClN5OS/c1-3-19-17(21-13-14(24)15-5-6-16(18)25-15)20-7-10-23-9-4-8-22(2)11-12-23/h5-6,14,24H,3-4,7-13H2,1-2H3,(H2,19,20,21). The van der Waals surface area contributed by atoms with Crippen LogP contribution in [0.15, 0.2) is 17.1 Å². The third-order valence-corrected chi connectivity index (χ3v) is 5.55. The average Bonchev–Trinajstić information content (AvgIpc) is 2.92. The Bertz CT molecular complexity index is 539. The molecule has 0 bridgehead atoms. The van der Waals surface area contributed by atoms with Crippen LogP contribution in [-0.4, -0.2) is 80.3 Å². The van der Waals surface area contributed by atoms with Crippen molar-refractivity contribution in [3.05, 3.63) is 21.3 Å². The molecule has 0 saturated carbocycles. The van der Waals surface area contributed by atoms with Crippen molar-refractivity contribution in [3.63, 3.8) is 0 Å². The van der Waals surface area contributed by atoms with Crippen LogP contribution < -0.4 is 10.6 Å². The highest BCUT2D eigenvalue weighted by Crippen LogP contribution is 2.26. The maximum absolute atomic E-state index is 10.2. The number of likely N-dealkylation sites (N-methyl/N-ethyl adjacent to an activating group) is 1. The molecule has 1 unspecified atom stereocenters. The van der Waals surface area contributed by atoms with Gasteiger partial charge in [-0.1, -0.05) is 11.6 Å². The highest BCUT2D eigenvalue weighted by molar-refractivity contribution is 7.16. The van der Waals surface area contributed by atoms with Gasteiger partial charge < -0.3 is 25.5 Å². The Balaban J connectivity index is 1.77. The van der Waals surface area contributed by atoms with Gasteiger partial charge in [0.05, 0.1) is 10.9 Å². The Morgan fingerprint density at radius 2 is 2.16 bits per heavy atom. The Morgan fingerprint density at radius 3 is 2.88 bits per heavy atom. The topological polar surface area (TPSA) is 63.1 Å². The Morgan fingerprint density at radius 1 is 1.32 bits per heavy atom. The number of hydrogen-bond acceptors (Lipinski definition) is 5. The quantitative estimate of drug-likeness (QED) is 0.490. The summed E-state index contributed by atoms with van der Waals surface area (Å²) in [6.07, 6.45) is 0.606. The second-order valence-corrected chi connectivity index (χ2v) is 8.05. The van der Waals surface area contributed by atoms with E-state index in [0.717, 1.165) is 50.1 Å². The summed E-state index contributed by atoms with van der Waals surface area (Å²) in [7, 11) is 2.18. The summed E-state index contributed by atoms with van der Waals surface area (Å²) in [6.45, 7) is 9.57. The Labute approximate surface area is 159 Å². The lowest BCUT2D eigenvalue weighted by Gasteiger charge is -2.21. The summed E-state index contributed by atoms with van der Waals surface area (Å²) in [5.41, 5.74) is 0. The molecule has 0 aromatic carbocycles. The number of nitrogens with one attached hydrogen (secondary N) is 2. The van der Waals surface area contributed by atoms with Crippen molar-refractivity contribution >= 4 is 28.9 Å². The molecular weight excluding hydrogens is 358 g/mol. The summed E-state index contributed by atoms with van der Waals surface area (Å²) in [4.78, 5) is 10.2. The van der Waals surface area contributed by atoms with E-state index in [1.54, 1.807) is 6.07 Å². The van der Waals surface area contributed by atoms with Crippen molar-refractivity contribution in [3.8, 4) is 0 Å². The summed E-state index contributed by atoms with van der Waals surface area (Å²) in [5, 5.41) is 16.8. The molecule has 1 atom stereocenters. The van der Waals surface area contributed by atoms with Crippen LogP contribution in [0.3, 0.4) is 0 Å². The molecule has 0 amide bonds. The fourth-order valence-electron chi connectivity index (χ4n) is 2.77. The predicted molar refractivity (Wildman–Crippen MR) is 107 cm³/mol. The van der Waals surface area contributed by atoms with Crippen LogP contribution in [0.4, 0.5) is 0 Å². The van der Waals surface area contributed by atoms with Gasteiger partial charge in [-0.3, -0.25) is 4.99 Å². The molecule has 6 nitrogen and oxygen atoms in total. The number of halogens is 1. The molecule has 1 aromatic heterocycles. The van der Waals surface area contributed by atoms with Gasteiger partial charge in [-0.25, -0.2) is 0 Å². The molecule has 2 heterocycles. The Kier molecular flexibility index (Phi) is 8.98. The highest BCUT2D eigenvalue weighted by atomic mass is 35.5. The zero-order chi connectivity index (χ0) is 18.1. The van der Waals surface area contributed by atoms with Crippen molar-refractivity contribution < 1.29 is 5.11 Å². The van der Waals surface area contributed by atoms with Gasteiger partial charge in [-0.2, -0.15) is 0 Å². The third-order valence-electron chi connectivity index (χ3n) is 4.22. The minimum absolute atomic E-state index is 0.320. The maximum atomic E-state index is 10.2. The molecule has 1 saturated heterocycles. The van der Waals surface area contributed by atoms with Gasteiger partial charge in [-0.15, -0.1) is 11.3 Å². The van der Waals surface area contributed by atoms with E-state index in [4.69, 9.17) is 11.6 Å². The average molecular weight is 388 g/mol. The molecule has 8 heteroatoms. The van der Waals surface area contributed by atoms with Crippen LogP contribution in [0, 0.1) is 0 Å². The molecule has 0 aliphatic carbocycles. The van der Waals surface area contributed by atoms with Gasteiger partial charge >= 0.3 is 0 Å². The third kappa shape index (κ3) is 7.50. The van der Waals surface area contributed by atoms with Crippen LogP contribution >= 0.6 is 22.9 Å². The zero-order valence-electron chi connectivity index (χ0n) is 15.2. The first-order chi connectivity index (χ1) is 12.1. The lowest BCUT2D eigenvalue weighted by atomic mass is 10.3. The molecule has 1 aliphatic heterocycles. The van der Waals surface area contributed by atoms with E-state index in [9.17, 15) is 5.11 Å². The van der Waals surface area contributed by atoms with Crippen LogP contribution in [0.25, 0.3) is 0 Å². The van der Waals surface area contributed by atoms with Gasteiger partial charge in [0.2, 0.25) is 0 Å². The number of guanidine groups is 1. The van der Waals surface area contributed by atoms with E-state index in [1.165, 1.54) is 24.3 Å². The lowest BCUT2D eigenvalue weighted by molar-refractivity contribution is 0.191. The van der Waals surface area contributed by atoms with Crippen molar-refractivity contribution in [2.45, 2.75) is 19.4 Å². The smallest absolute Gasteiger partial charge is 0.191 e. The zero-order valence-corrected chi connectivity index (χ0v) is 16.7. The minimum Gasteiger partial charge on any atom is -0.386 e. The number of aliphatic hydroxyl groups is 1. The van der Waals surface area contributed by atoms with Crippen LogP contribution in [0.2, 0.25) is 4.34 Å². The SMILES string of the molecule is CCNC(=NCC(O)c1ccc(Cl)s1)NCCN1CCCN(C)CC1. The lowest BCUT2D eigenvalue weighted by Crippen LogP contribution is -2.42. The number of rotatable bonds is 7. The number of nitrogens with zero attached hydrogens (tertiary/aromatic N) is 3. The van der Waals surface area contributed by atoms with Crippen molar-refractivity contribution in [1.82, 2.24) is 20.4 Å². The van der Waals surface area contributed by atoms with Crippen molar-refractivity contribution in [2.75, 3.05) is 59.4 Å². The first-order valence-electron chi connectivity index (χ1n) is 8.95. The molecule has 0 radical (unpaired) electrons. The maximum Gasteiger partial charge on any atom is 0.191 e. The van der Waals surface area contributed by atoms with Gasteiger partial charge in [0.1, 0.15) is 6.10 Å². The molecule has 1 fully saturated rings. The molecule has 25 heavy (non-hydrogen) atoms. The highest BCUT2D eigenvalue weighted by Gasteiger charge is 2.12. The van der Waals surface area contributed by atoms with Crippen LogP contribution in [0.5, 0.6) is 0 Å². The summed E-state index contributed by atoms with van der Waals surface area (Å²) < 4.78 is 0.686.